The molecule has 0 saturated carbocycles. The van der Waals surface area contributed by atoms with Crippen LogP contribution in [0.4, 0.5) is 14.5 Å². The van der Waals surface area contributed by atoms with E-state index >= 15 is 0 Å². The maximum atomic E-state index is 12.2. The molecule has 0 saturated heterocycles. The minimum Gasteiger partial charge on any atom is -0.392 e. The van der Waals surface area contributed by atoms with Gasteiger partial charge in [0.25, 0.3) is 6.43 Å². The first-order chi connectivity index (χ1) is 7.58. The molecule has 0 spiro atoms. The summed E-state index contributed by atoms with van der Waals surface area (Å²) in [5.74, 6) is 0. The molecule has 0 atom stereocenters. The van der Waals surface area contributed by atoms with Crippen molar-refractivity contribution in [2.24, 2.45) is 0 Å². The van der Waals surface area contributed by atoms with E-state index in [9.17, 15) is 8.78 Å². The average molecular weight is 226 g/mol. The van der Waals surface area contributed by atoms with Crippen molar-refractivity contribution in [3.05, 3.63) is 29.3 Å². The van der Waals surface area contributed by atoms with Gasteiger partial charge in [-0.1, -0.05) is 6.07 Å². The topological polar surface area (TPSA) is 47.3 Å². The van der Waals surface area contributed by atoms with Crippen molar-refractivity contribution < 1.29 is 13.9 Å². The van der Waals surface area contributed by atoms with Crippen LogP contribution < -0.4 is 4.90 Å². The van der Waals surface area contributed by atoms with Crippen molar-refractivity contribution in [3.8, 4) is 6.07 Å². The van der Waals surface area contributed by atoms with E-state index in [4.69, 9.17) is 10.4 Å². The lowest BCUT2D eigenvalue weighted by molar-refractivity contribution is 0.156. The number of halogens is 2. The summed E-state index contributed by atoms with van der Waals surface area (Å²) in [4.78, 5) is 1.32. The Hall–Kier alpha value is -1.67. The molecule has 0 aliphatic carbocycles. The second kappa shape index (κ2) is 5.42. The standard InChI is InChI=1S/C11H12F2N2O/c1-15(6-11(12)13)10-3-2-8(7-16)4-9(10)5-14/h2-4,11,16H,6-7H2,1H3. The van der Waals surface area contributed by atoms with Gasteiger partial charge in [-0.25, -0.2) is 8.78 Å². The first-order valence-corrected chi connectivity index (χ1v) is 4.71. The van der Waals surface area contributed by atoms with Crippen molar-refractivity contribution in [3.63, 3.8) is 0 Å². The fourth-order valence-electron chi connectivity index (χ4n) is 1.41. The summed E-state index contributed by atoms with van der Waals surface area (Å²) in [5.41, 5.74) is 1.32. The third-order valence-electron chi connectivity index (χ3n) is 2.19. The molecule has 0 heterocycles. The minimum atomic E-state index is -2.45. The normalized spacial score (nSPS) is 10.2. The van der Waals surface area contributed by atoms with Crippen molar-refractivity contribution in [1.29, 1.82) is 5.26 Å². The molecule has 1 aromatic rings. The second-order valence-electron chi connectivity index (χ2n) is 3.39. The maximum absolute atomic E-state index is 12.2. The Bertz CT molecular complexity index is 401. The van der Waals surface area contributed by atoms with Crippen LogP contribution in [0.25, 0.3) is 0 Å². The first kappa shape index (κ1) is 12.4. The molecular weight excluding hydrogens is 214 g/mol. The lowest BCUT2D eigenvalue weighted by Gasteiger charge is -2.20. The Morgan fingerprint density at radius 3 is 2.69 bits per heavy atom. The molecule has 0 radical (unpaired) electrons. The van der Waals surface area contributed by atoms with Crippen molar-refractivity contribution in [1.82, 2.24) is 0 Å². The van der Waals surface area contributed by atoms with Crippen LogP contribution in [0.15, 0.2) is 18.2 Å². The first-order valence-electron chi connectivity index (χ1n) is 4.71. The number of hydrogen-bond donors (Lipinski definition) is 1. The monoisotopic (exact) mass is 226 g/mol. The van der Waals surface area contributed by atoms with Gasteiger partial charge in [-0.05, 0) is 17.7 Å². The molecule has 1 N–H and O–H groups in total. The summed E-state index contributed by atoms with van der Waals surface area (Å²) in [6.07, 6.45) is -2.45. The third kappa shape index (κ3) is 2.91. The van der Waals surface area contributed by atoms with Gasteiger partial charge >= 0.3 is 0 Å². The Morgan fingerprint density at radius 2 is 2.19 bits per heavy atom. The van der Waals surface area contributed by atoms with E-state index in [1.807, 2.05) is 6.07 Å². The molecule has 0 aliphatic rings. The molecule has 3 nitrogen and oxygen atoms in total. The zero-order chi connectivity index (χ0) is 12.1. The van der Waals surface area contributed by atoms with E-state index in [1.54, 1.807) is 12.1 Å². The molecule has 1 aromatic carbocycles. The average Bonchev–Trinajstić information content (AvgIpc) is 2.27. The number of anilines is 1. The molecule has 0 aromatic heterocycles. The highest BCUT2D eigenvalue weighted by Gasteiger charge is 2.12. The summed E-state index contributed by atoms with van der Waals surface area (Å²) >= 11 is 0. The number of hydrogen-bond acceptors (Lipinski definition) is 3. The zero-order valence-electron chi connectivity index (χ0n) is 8.82. The molecule has 86 valence electrons. The van der Waals surface area contributed by atoms with E-state index in [0.29, 0.717) is 11.3 Å². The van der Waals surface area contributed by atoms with Crippen molar-refractivity contribution in [2.45, 2.75) is 13.0 Å². The van der Waals surface area contributed by atoms with Gasteiger partial charge in [0, 0.05) is 7.05 Å². The van der Waals surface area contributed by atoms with Gasteiger partial charge in [-0.15, -0.1) is 0 Å². The summed E-state index contributed by atoms with van der Waals surface area (Å²) in [5, 5.41) is 17.8. The molecular formula is C11H12F2N2O. The fourth-order valence-corrected chi connectivity index (χ4v) is 1.41. The number of benzene rings is 1. The maximum Gasteiger partial charge on any atom is 0.255 e. The van der Waals surface area contributed by atoms with Crippen molar-refractivity contribution in [2.75, 3.05) is 18.5 Å². The van der Waals surface area contributed by atoms with E-state index < -0.39 is 13.0 Å². The lowest BCUT2D eigenvalue weighted by Crippen LogP contribution is -2.24. The number of nitrogens with zero attached hydrogens (tertiary/aromatic N) is 2. The summed E-state index contributed by atoms with van der Waals surface area (Å²) in [7, 11) is 1.50. The quantitative estimate of drug-likeness (QED) is 0.850. The molecule has 0 bridgehead atoms. The van der Waals surface area contributed by atoms with Crippen molar-refractivity contribution >= 4 is 5.69 Å². The van der Waals surface area contributed by atoms with Gasteiger partial charge in [0.2, 0.25) is 0 Å². The Morgan fingerprint density at radius 1 is 1.50 bits per heavy atom. The Kier molecular flexibility index (Phi) is 4.20. The molecule has 1 rings (SSSR count). The van der Waals surface area contributed by atoms with Gasteiger partial charge in [0.05, 0.1) is 24.4 Å². The molecule has 0 aliphatic heterocycles. The van der Waals surface area contributed by atoms with E-state index in [0.717, 1.165) is 0 Å². The lowest BCUT2D eigenvalue weighted by atomic mass is 10.1. The summed E-state index contributed by atoms with van der Waals surface area (Å²) in [6.45, 7) is -0.597. The second-order valence-corrected chi connectivity index (χ2v) is 3.39. The molecule has 16 heavy (non-hydrogen) atoms. The van der Waals surface area contributed by atoms with Crippen LogP contribution in [-0.2, 0) is 6.61 Å². The van der Waals surface area contributed by atoms with E-state index in [2.05, 4.69) is 0 Å². The van der Waals surface area contributed by atoms with Crippen LogP contribution in [0.5, 0.6) is 0 Å². The summed E-state index contributed by atoms with van der Waals surface area (Å²) < 4.78 is 24.4. The fraction of sp³-hybridized carbons (Fsp3) is 0.364. The van der Waals surface area contributed by atoms with Gasteiger partial charge in [-0.2, -0.15) is 5.26 Å². The van der Waals surface area contributed by atoms with Crippen LogP contribution >= 0.6 is 0 Å². The highest BCUT2D eigenvalue weighted by molar-refractivity contribution is 5.60. The predicted molar refractivity (Wildman–Crippen MR) is 56.4 cm³/mol. The largest absolute Gasteiger partial charge is 0.392 e. The molecule has 5 heteroatoms. The van der Waals surface area contributed by atoms with Crippen LogP contribution in [0.1, 0.15) is 11.1 Å². The molecule has 0 unspecified atom stereocenters. The Balaban J connectivity index is 3.00. The number of nitriles is 1. The van der Waals surface area contributed by atoms with Crippen LogP contribution in [0, 0.1) is 11.3 Å². The number of rotatable bonds is 4. The smallest absolute Gasteiger partial charge is 0.255 e. The number of alkyl halides is 2. The van der Waals surface area contributed by atoms with Gasteiger partial charge in [0.1, 0.15) is 6.07 Å². The number of aliphatic hydroxyl groups is 1. The zero-order valence-corrected chi connectivity index (χ0v) is 8.82. The van der Waals surface area contributed by atoms with Gasteiger partial charge < -0.3 is 10.0 Å². The Labute approximate surface area is 92.5 Å². The van der Waals surface area contributed by atoms with Gasteiger partial charge in [-0.3, -0.25) is 0 Å². The summed E-state index contributed by atoms with van der Waals surface area (Å²) in [6, 6.07) is 6.60. The van der Waals surface area contributed by atoms with Crippen LogP contribution in [0.3, 0.4) is 0 Å². The minimum absolute atomic E-state index is 0.173. The predicted octanol–water partition coefficient (Wildman–Crippen LogP) is 1.75. The third-order valence-corrected chi connectivity index (χ3v) is 2.19. The molecule has 0 amide bonds. The SMILES string of the molecule is CN(CC(F)F)c1ccc(CO)cc1C#N. The van der Waals surface area contributed by atoms with E-state index in [1.165, 1.54) is 18.0 Å². The highest BCUT2D eigenvalue weighted by Crippen LogP contribution is 2.21. The number of aliphatic hydroxyl groups excluding tert-OH is 1. The van der Waals surface area contributed by atoms with Crippen LogP contribution in [-0.4, -0.2) is 25.1 Å². The molecule has 0 fully saturated rings. The van der Waals surface area contributed by atoms with E-state index in [-0.39, 0.29) is 12.2 Å². The van der Waals surface area contributed by atoms with Gasteiger partial charge in [0.15, 0.2) is 0 Å². The highest BCUT2D eigenvalue weighted by atomic mass is 19.3. The van der Waals surface area contributed by atoms with Crippen LogP contribution in [0.2, 0.25) is 0 Å².